The summed E-state index contributed by atoms with van der Waals surface area (Å²) in [5.41, 5.74) is 1.42. The van der Waals surface area contributed by atoms with Gasteiger partial charge in [0.2, 0.25) is 0 Å². The van der Waals surface area contributed by atoms with E-state index in [1.54, 1.807) is 0 Å². The summed E-state index contributed by atoms with van der Waals surface area (Å²) in [6.45, 7) is 5.91. The van der Waals surface area contributed by atoms with E-state index in [0.29, 0.717) is 16.7 Å². The van der Waals surface area contributed by atoms with Gasteiger partial charge in [0.25, 0.3) is 5.56 Å². The number of halogens is 1. The molecule has 0 aliphatic rings. The van der Waals surface area contributed by atoms with Gasteiger partial charge < -0.3 is 9.72 Å². The average Bonchev–Trinajstić information content (AvgIpc) is 2.41. The molecule has 0 spiro atoms. The molecule has 2 rings (SSSR count). The number of nitrogens with zero attached hydrogens (tertiary/aromatic N) is 1. The number of aryl methyl sites for hydroxylation is 1. The van der Waals surface area contributed by atoms with Gasteiger partial charge in [0.1, 0.15) is 16.0 Å². The smallest absolute Gasteiger partial charge is 0.265 e. The van der Waals surface area contributed by atoms with Crippen LogP contribution in [0.25, 0.3) is 11.4 Å². The molecule has 2 aromatic rings. The van der Waals surface area contributed by atoms with E-state index in [0.717, 1.165) is 17.0 Å². The minimum Gasteiger partial charge on any atom is -0.491 e. The molecule has 1 heterocycles. The Labute approximate surface area is 126 Å². The largest absolute Gasteiger partial charge is 0.491 e. The number of H-pyrrole nitrogens is 1. The second-order valence-electron chi connectivity index (χ2n) is 4.72. The Bertz CT molecular complexity index is 665. The Hall–Kier alpha value is -1.62. The maximum atomic E-state index is 11.9. The lowest BCUT2D eigenvalue weighted by atomic mass is 10.2. The molecule has 0 saturated heterocycles. The van der Waals surface area contributed by atoms with Crippen LogP contribution in [-0.4, -0.2) is 16.1 Å². The lowest BCUT2D eigenvalue weighted by molar-refractivity contribution is 0.242. The van der Waals surface area contributed by atoms with Gasteiger partial charge in [-0.3, -0.25) is 4.79 Å². The van der Waals surface area contributed by atoms with Crippen LogP contribution in [0.5, 0.6) is 5.75 Å². The standard InChI is InChI=1S/C15H17BrN2O2/c1-4-12-13(16)15(19)18-14(17-12)10-6-5-7-11(8-10)20-9(2)3/h5-9H,4H2,1-3H3,(H,17,18,19). The fraction of sp³-hybridized carbons (Fsp3) is 0.333. The summed E-state index contributed by atoms with van der Waals surface area (Å²) in [4.78, 5) is 19.1. The number of aromatic nitrogens is 2. The van der Waals surface area contributed by atoms with Gasteiger partial charge in [-0.1, -0.05) is 19.1 Å². The number of hydrogen-bond acceptors (Lipinski definition) is 3. The van der Waals surface area contributed by atoms with Gasteiger partial charge in [-0.05, 0) is 48.3 Å². The minimum atomic E-state index is -0.165. The van der Waals surface area contributed by atoms with E-state index >= 15 is 0 Å². The topological polar surface area (TPSA) is 55.0 Å². The highest BCUT2D eigenvalue weighted by atomic mass is 79.9. The normalized spacial score (nSPS) is 10.8. The van der Waals surface area contributed by atoms with Crippen LogP contribution >= 0.6 is 15.9 Å². The van der Waals surface area contributed by atoms with Crippen molar-refractivity contribution in [2.75, 3.05) is 0 Å². The van der Waals surface area contributed by atoms with E-state index in [2.05, 4.69) is 25.9 Å². The molecule has 4 nitrogen and oxygen atoms in total. The van der Waals surface area contributed by atoms with Crippen LogP contribution in [0.2, 0.25) is 0 Å². The number of nitrogens with one attached hydrogen (secondary N) is 1. The van der Waals surface area contributed by atoms with Gasteiger partial charge in [0, 0.05) is 5.56 Å². The van der Waals surface area contributed by atoms with Crippen LogP contribution in [0.3, 0.4) is 0 Å². The van der Waals surface area contributed by atoms with Crippen molar-refractivity contribution in [3.63, 3.8) is 0 Å². The van der Waals surface area contributed by atoms with Crippen molar-refractivity contribution < 1.29 is 4.74 Å². The lowest BCUT2D eigenvalue weighted by Gasteiger charge is -2.11. The van der Waals surface area contributed by atoms with Crippen molar-refractivity contribution in [1.29, 1.82) is 0 Å². The van der Waals surface area contributed by atoms with Crippen LogP contribution in [0, 0.1) is 0 Å². The molecular weight excluding hydrogens is 320 g/mol. The molecular formula is C15H17BrN2O2. The molecule has 1 N–H and O–H groups in total. The fourth-order valence-corrected chi connectivity index (χ4v) is 2.33. The monoisotopic (exact) mass is 336 g/mol. The summed E-state index contributed by atoms with van der Waals surface area (Å²) in [7, 11) is 0. The molecule has 1 aromatic heterocycles. The van der Waals surface area contributed by atoms with E-state index in [1.165, 1.54) is 0 Å². The fourth-order valence-electron chi connectivity index (χ4n) is 1.87. The molecule has 5 heteroatoms. The van der Waals surface area contributed by atoms with E-state index in [9.17, 15) is 4.79 Å². The van der Waals surface area contributed by atoms with Gasteiger partial charge in [0.15, 0.2) is 0 Å². The van der Waals surface area contributed by atoms with Gasteiger partial charge in [-0.2, -0.15) is 0 Å². The van der Waals surface area contributed by atoms with Crippen LogP contribution in [-0.2, 0) is 6.42 Å². The van der Waals surface area contributed by atoms with Crippen LogP contribution < -0.4 is 10.3 Å². The number of benzene rings is 1. The number of hydrogen-bond donors (Lipinski definition) is 1. The van der Waals surface area contributed by atoms with E-state index in [-0.39, 0.29) is 11.7 Å². The molecule has 20 heavy (non-hydrogen) atoms. The van der Waals surface area contributed by atoms with Gasteiger partial charge in [-0.15, -0.1) is 0 Å². The molecule has 0 unspecified atom stereocenters. The predicted octanol–water partition coefficient (Wildman–Crippen LogP) is 3.55. The molecule has 0 bridgehead atoms. The molecule has 106 valence electrons. The van der Waals surface area contributed by atoms with Crippen LogP contribution in [0.15, 0.2) is 33.5 Å². The third-order valence-electron chi connectivity index (χ3n) is 2.75. The maximum Gasteiger partial charge on any atom is 0.265 e. The Kier molecular flexibility index (Phi) is 4.60. The summed E-state index contributed by atoms with van der Waals surface area (Å²) in [6.07, 6.45) is 0.799. The highest BCUT2D eigenvalue weighted by Crippen LogP contribution is 2.22. The summed E-state index contributed by atoms with van der Waals surface area (Å²) >= 11 is 3.26. The molecule has 0 aliphatic carbocycles. The Morgan fingerprint density at radius 1 is 1.40 bits per heavy atom. The first-order valence-electron chi connectivity index (χ1n) is 6.57. The zero-order valence-electron chi connectivity index (χ0n) is 11.7. The predicted molar refractivity (Wildman–Crippen MR) is 83.1 cm³/mol. The third kappa shape index (κ3) is 3.28. The maximum absolute atomic E-state index is 11.9. The molecule has 0 atom stereocenters. The first kappa shape index (κ1) is 14.8. The third-order valence-corrected chi connectivity index (χ3v) is 3.56. The SMILES string of the molecule is CCc1nc(-c2cccc(OC(C)C)c2)[nH]c(=O)c1Br. The molecule has 0 amide bonds. The van der Waals surface area contributed by atoms with Crippen molar-refractivity contribution in [2.24, 2.45) is 0 Å². The van der Waals surface area contributed by atoms with Crippen molar-refractivity contribution in [3.8, 4) is 17.1 Å². The number of ether oxygens (including phenoxy) is 1. The highest BCUT2D eigenvalue weighted by molar-refractivity contribution is 9.10. The first-order chi connectivity index (χ1) is 9.51. The molecule has 1 aromatic carbocycles. The van der Waals surface area contributed by atoms with Gasteiger partial charge >= 0.3 is 0 Å². The quantitative estimate of drug-likeness (QED) is 0.928. The molecule has 0 fully saturated rings. The average molecular weight is 337 g/mol. The van der Waals surface area contributed by atoms with Crippen molar-refractivity contribution in [1.82, 2.24) is 9.97 Å². The second kappa shape index (κ2) is 6.22. The van der Waals surface area contributed by atoms with E-state index < -0.39 is 0 Å². The first-order valence-corrected chi connectivity index (χ1v) is 7.36. The summed E-state index contributed by atoms with van der Waals surface area (Å²) in [5, 5.41) is 0. The minimum absolute atomic E-state index is 0.105. The Morgan fingerprint density at radius 3 is 2.80 bits per heavy atom. The Balaban J connectivity index is 2.46. The van der Waals surface area contributed by atoms with Gasteiger partial charge in [0.05, 0.1) is 11.8 Å². The summed E-state index contributed by atoms with van der Waals surface area (Å²) < 4.78 is 6.16. The van der Waals surface area contributed by atoms with Crippen molar-refractivity contribution in [2.45, 2.75) is 33.3 Å². The van der Waals surface area contributed by atoms with Crippen LogP contribution in [0.1, 0.15) is 26.5 Å². The van der Waals surface area contributed by atoms with Crippen LogP contribution in [0.4, 0.5) is 0 Å². The molecule has 0 radical (unpaired) electrons. The molecule has 0 saturated carbocycles. The number of rotatable bonds is 4. The number of aromatic amines is 1. The highest BCUT2D eigenvalue weighted by Gasteiger charge is 2.09. The van der Waals surface area contributed by atoms with Crippen molar-refractivity contribution >= 4 is 15.9 Å². The summed E-state index contributed by atoms with van der Waals surface area (Å²) in [5.74, 6) is 1.32. The Morgan fingerprint density at radius 2 is 2.15 bits per heavy atom. The molecule has 0 aliphatic heterocycles. The lowest BCUT2D eigenvalue weighted by Crippen LogP contribution is -2.13. The van der Waals surface area contributed by atoms with E-state index in [4.69, 9.17) is 4.74 Å². The zero-order valence-corrected chi connectivity index (χ0v) is 13.3. The van der Waals surface area contributed by atoms with Crippen molar-refractivity contribution in [3.05, 3.63) is 44.8 Å². The van der Waals surface area contributed by atoms with E-state index in [1.807, 2.05) is 45.0 Å². The summed E-state index contributed by atoms with van der Waals surface area (Å²) in [6, 6.07) is 7.56. The second-order valence-corrected chi connectivity index (χ2v) is 5.52. The zero-order chi connectivity index (χ0) is 14.7. The van der Waals surface area contributed by atoms with Gasteiger partial charge in [-0.25, -0.2) is 4.98 Å².